The first-order valence-electron chi connectivity index (χ1n) is 7.13. The summed E-state index contributed by atoms with van der Waals surface area (Å²) in [4.78, 5) is 0. The van der Waals surface area contributed by atoms with Crippen LogP contribution in [0.15, 0.2) is 24.3 Å². The molecule has 0 amide bonds. The molecule has 100 valence electrons. The lowest BCUT2D eigenvalue weighted by Gasteiger charge is -2.47. The molecule has 2 nitrogen and oxygen atoms in total. The van der Waals surface area contributed by atoms with Crippen LogP contribution in [0.4, 0.5) is 0 Å². The van der Waals surface area contributed by atoms with E-state index in [9.17, 15) is 0 Å². The van der Waals surface area contributed by atoms with Crippen LogP contribution in [-0.2, 0) is 11.2 Å². The molecule has 0 radical (unpaired) electrons. The Bertz CT molecular complexity index is 362. The van der Waals surface area contributed by atoms with Gasteiger partial charge in [-0.15, -0.1) is 0 Å². The van der Waals surface area contributed by atoms with Gasteiger partial charge in [-0.1, -0.05) is 38.1 Å². The molecule has 0 bridgehead atoms. The van der Waals surface area contributed by atoms with E-state index < -0.39 is 0 Å². The highest BCUT2D eigenvalue weighted by molar-refractivity contribution is 5.28. The van der Waals surface area contributed by atoms with Gasteiger partial charge in [0, 0.05) is 7.11 Å². The van der Waals surface area contributed by atoms with Crippen molar-refractivity contribution in [1.29, 1.82) is 0 Å². The van der Waals surface area contributed by atoms with Gasteiger partial charge in [0.2, 0.25) is 0 Å². The highest BCUT2D eigenvalue weighted by Gasteiger charge is 2.44. The largest absolute Gasteiger partial charge is 0.376 e. The maximum Gasteiger partial charge on any atom is 0.0872 e. The zero-order valence-corrected chi connectivity index (χ0v) is 11.8. The summed E-state index contributed by atoms with van der Waals surface area (Å²) in [6, 6.07) is 9.31. The highest BCUT2D eigenvalue weighted by atomic mass is 16.5. The van der Waals surface area contributed by atoms with Gasteiger partial charge < -0.3 is 10.1 Å². The Balaban J connectivity index is 2.23. The van der Waals surface area contributed by atoms with Gasteiger partial charge in [0.05, 0.1) is 11.6 Å². The van der Waals surface area contributed by atoms with Crippen molar-refractivity contribution in [2.45, 2.75) is 51.2 Å². The molecule has 2 heteroatoms. The lowest BCUT2D eigenvalue weighted by molar-refractivity contribution is -0.0995. The van der Waals surface area contributed by atoms with Crippen molar-refractivity contribution in [1.82, 2.24) is 5.32 Å². The summed E-state index contributed by atoms with van der Waals surface area (Å²) in [5.41, 5.74) is 2.77. The Hall–Kier alpha value is -0.860. The van der Waals surface area contributed by atoms with Crippen LogP contribution in [0.1, 0.15) is 50.3 Å². The predicted molar refractivity (Wildman–Crippen MR) is 75.8 cm³/mol. The van der Waals surface area contributed by atoms with Gasteiger partial charge in [0.25, 0.3) is 0 Å². The maximum atomic E-state index is 5.84. The van der Waals surface area contributed by atoms with E-state index in [-0.39, 0.29) is 5.60 Å². The molecular weight excluding hydrogens is 222 g/mol. The second kappa shape index (κ2) is 5.85. The van der Waals surface area contributed by atoms with Crippen molar-refractivity contribution < 1.29 is 4.74 Å². The molecule has 18 heavy (non-hydrogen) atoms. The molecule has 0 saturated heterocycles. The number of aryl methyl sites for hydroxylation is 1. The molecule has 2 rings (SSSR count). The molecule has 1 unspecified atom stereocenters. The van der Waals surface area contributed by atoms with Crippen LogP contribution < -0.4 is 5.32 Å². The first-order chi connectivity index (χ1) is 8.75. The number of hydrogen-bond acceptors (Lipinski definition) is 2. The predicted octanol–water partition coefficient (Wildman–Crippen LogP) is 3.47. The average molecular weight is 247 g/mol. The van der Waals surface area contributed by atoms with E-state index in [1.54, 1.807) is 0 Å². The average Bonchev–Trinajstić information content (AvgIpc) is 2.37. The Morgan fingerprint density at radius 2 is 1.89 bits per heavy atom. The van der Waals surface area contributed by atoms with Crippen molar-refractivity contribution in [2.24, 2.45) is 0 Å². The van der Waals surface area contributed by atoms with E-state index >= 15 is 0 Å². The number of hydrogen-bond donors (Lipinski definition) is 1. The first kappa shape index (κ1) is 13.6. The third kappa shape index (κ3) is 2.45. The van der Waals surface area contributed by atoms with Crippen molar-refractivity contribution in [3.8, 4) is 0 Å². The van der Waals surface area contributed by atoms with Crippen molar-refractivity contribution in [2.75, 3.05) is 13.7 Å². The Labute approximate surface area is 111 Å². The zero-order valence-electron chi connectivity index (χ0n) is 11.8. The van der Waals surface area contributed by atoms with Gasteiger partial charge in [-0.25, -0.2) is 0 Å². The monoisotopic (exact) mass is 247 g/mol. The van der Waals surface area contributed by atoms with Crippen LogP contribution in [0.3, 0.4) is 0 Å². The second-order valence-electron chi connectivity index (χ2n) is 5.21. The molecule has 1 N–H and O–H groups in total. The van der Waals surface area contributed by atoms with E-state index in [0.717, 1.165) is 25.8 Å². The Morgan fingerprint density at radius 1 is 1.22 bits per heavy atom. The van der Waals surface area contributed by atoms with E-state index in [1.165, 1.54) is 17.5 Å². The van der Waals surface area contributed by atoms with Gasteiger partial charge in [-0.3, -0.25) is 0 Å². The molecule has 1 aliphatic rings. The van der Waals surface area contributed by atoms with Crippen LogP contribution in [0.2, 0.25) is 0 Å². The van der Waals surface area contributed by atoms with Gasteiger partial charge in [0.1, 0.15) is 0 Å². The summed E-state index contributed by atoms with van der Waals surface area (Å²) in [5.74, 6) is 0. The summed E-state index contributed by atoms with van der Waals surface area (Å²) in [5, 5.41) is 3.61. The molecule has 0 spiro atoms. The number of methoxy groups -OCH3 is 1. The highest BCUT2D eigenvalue weighted by Crippen LogP contribution is 2.44. The zero-order chi connectivity index (χ0) is 13.0. The summed E-state index contributed by atoms with van der Waals surface area (Å²) >= 11 is 0. The minimum absolute atomic E-state index is 0.0176. The molecule has 1 atom stereocenters. The Morgan fingerprint density at radius 3 is 2.28 bits per heavy atom. The van der Waals surface area contributed by atoms with Crippen LogP contribution in [0.25, 0.3) is 0 Å². The van der Waals surface area contributed by atoms with Gasteiger partial charge in [-0.2, -0.15) is 0 Å². The van der Waals surface area contributed by atoms with Crippen LogP contribution in [-0.4, -0.2) is 19.3 Å². The topological polar surface area (TPSA) is 21.3 Å². The molecule has 0 heterocycles. The van der Waals surface area contributed by atoms with Crippen LogP contribution in [0.5, 0.6) is 0 Å². The van der Waals surface area contributed by atoms with Gasteiger partial charge in [-0.05, 0) is 43.4 Å². The third-order valence-electron chi connectivity index (χ3n) is 4.26. The van der Waals surface area contributed by atoms with Gasteiger partial charge in [0.15, 0.2) is 0 Å². The number of ether oxygens (including phenoxy) is 1. The fourth-order valence-electron chi connectivity index (χ4n) is 2.89. The minimum Gasteiger partial charge on any atom is -0.376 e. The van der Waals surface area contributed by atoms with E-state index in [2.05, 4.69) is 43.4 Å². The van der Waals surface area contributed by atoms with Gasteiger partial charge >= 0.3 is 0 Å². The maximum absolute atomic E-state index is 5.84. The number of nitrogens with one attached hydrogen (secondary N) is 1. The fourth-order valence-corrected chi connectivity index (χ4v) is 2.89. The van der Waals surface area contributed by atoms with E-state index in [0.29, 0.717) is 6.04 Å². The van der Waals surface area contributed by atoms with E-state index in [4.69, 9.17) is 4.74 Å². The molecule has 1 aliphatic carbocycles. The molecule has 0 aliphatic heterocycles. The SMILES string of the molecule is CCNC(c1ccc(CC)cc1)C1(OC)CCC1. The Kier molecular flexibility index (Phi) is 4.41. The molecular formula is C16H25NO. The second-order valence-corrected chi connectivity index (χ2v) is 5.21. The van der Waals surface area contributed by atoms with Crippen LogP contribution in [0, 0.1) is 0 Å². The normalized spacial score (nSPS) is 19.3. The van der Waals surface area contributed by atoms with E-state index in [1.807, 2.05) is 7.11 Å². The molecule has 1 aromatic rings. The smallest absolute Gasteiger partial charge is 0.0872 e. The molecule has 1 aromatic carbocycles. The standard InChI is InChI=1S/C16H25NO/c1-4-13-7-9-14(10-8-13)15(17-5-2)16(18-3)11-6-12-16/h7-10,15,17H,4-6,11-12H2,1-3H3. The number of rotatable bonds is 6. The quantitative estimate of drug-likeness (QED) is 0.831. The fraction of sp³-hybridized carbons (Fsp3) is 0.625. The first-order valence-corrected chi connectivity index (χ1v) is 7.13. The summed E-state index contributed by atoms with van der Waals surface area (Å²) in [7, 11) is 1.85. The lowest BCUT2D eigenvalue weighted by Crippen LogP contribution is -2.50. The molecule has 0 aromatic heterocycles. The number of benzene rings is 1. The molecule has 1 fully saturated rings. The summed E-state index contributed by atoms with van der Waals surface area (Å²) in [6.45, 7) is 5.33. The van der Waals surface area contributed by atoms with Crippen LogP contribution >= 0.6 is 0 Å². The lowest BCUT2D eigenvalue weighted by atomic mass is 9.72. The summed E-state index contributed by atoms with van der Waals surface area (Å²) < 4.78 is 5.84. The number of likely N-dealkylation sites (N-methyl/N-ethyl adjacent to an activating group) is 1. The minimum atomic E-state index is 0.0176. The molecule has 1 saturated carbocycles. The van der Waals surface area contributed by atoms with Crippen molar-refractivity contribution in [3.63, 3.8) is 0 Å². The van der Waals surface area contributed by atoms with Crippen molar-refractivity contribution in [3.05, 3.63) is 35.4 Å². The van der Waals surface area contributed by atoms with Crippen molar-refractivity contribution >= 4 is 0 Å². The third-order valence-corrected chi connectivity index (χ3v) is 4.26. The summed E-state index contributed by atoms with van der Waals surface area (Å²) in [6.07, 6.45) is 4.71.